The van der Waals surface area contributed by atoms with Crippen LogP contribution in [0, 0.1) is 0 Å². The van der Waals surface area contributed by atoms with Crippen molar-refractivity contribution in [1.29, 1.82) is 0 Å². The van der Waals surface area contributed by atoms with Crippen LogP contribution < -0.4 is 0 Å². The third kappa shape index (κ3) is 2.74. The van der Waals surface area contributed by atoms with Crippen LogP contribution in [0.5, 0.6) is 0 Å². The number of benzene rings is 1. The van der Waals surface area contributed by atoms with Gasteiger partial charge in [-0.15, -0.1) is 0 Å². The van der Waals surface area contributed by atoms with Crippen molar-refractivity contribution in [3.63, 3.8) is 0 Å². The molecule has 0 aromatic heterocycles. The Labute approximate surface area is 103 Å². The van der Waals surface area contributed by atoms with E-state index < -0.39 is 0 Å². The van der Waals surface area contributed by atoms with E-state index in [-0.39, 0.29) is 0 Å². The van der Waals surface area contributed by atoms with Gasteiger partial charge < -0.3 is 0 Å². The van der Waals surface area contributed by atoms with Gasteiger partial charge in [-0.2, -0.15) is 0 Å². The molecule has 1 aliphatic heterocycles. The maximum Gasteiger partial charge on any atom is 0.0280 e. The molecule has 0 amide bonds. The van der Waals surface area contributed by atoms with Crippen LogP contribution in [0.15, 0.2) is 46.7 Å². The first-order valence-corrected chi connectivity index (χ1v) is 7.21. The van der Waals surface area contributed by atoms with Gasteiger partial charge in [-0.1, -0.05) is 64.1 Å². The molecule has 0 N–H and O–H groups in total. The van der Waals surface area contributed by atoms with E-state index in [4.69, 9.17) is 12.2 Å². The second kappa shape index (κ2) is 5.01. The van der Waals surface area contributed by atoms with Crippen LogP contribution in [0.3, 0.4) is 0 Å². The Morgan fingerprint density at radius 3 is 2.67 bits per heavy atom. The first-order valence-electron chi connectivity index (χ1n) is 4.59. The fraction of sp³-hybridized carbons (Fsp3) is 0.0833. The summed E-state index contributed by atoms with van der Waals surface area (Å²) in [5.74, 6) is 0. The lowest BCUT2D eigenvalue weighted by Gasteiger charge is -2.03. The van der Waals surface area contributed by atoms with Gasteiger partial charge in [0.1, 0.15) is 0 Å². The molecule has 0 saturated heterocycles. The van der Waals surface area contributed by atoms with Crippen molar-refractivity contribution in [2.24, 2.45) is 0 Å². The lowest BCUT2D eigenvalue weighted by atomic mass is 10.1. The summed E-state index contributed by atoms with van der Waals surface area (Å²) in [4.78, 5) is 2.19. The van der Waals surface area contributed by atoms with Crippen LogP contribution in [-0.4, -0.2) is 4.86 Å². The predicted octanol–water partition coefficient (Wildman–Crippen LogP) is 4.70. The Hall–Kier alpha value is -0.510. The fourth-order valence-electron chi connectivity index (χ4n) is 1.34. The maximum atomic E-state index is 5.11. The van der Waals surface area contributed by atoms with E-state index in [1.165, 1.54) is 16.0 Å². The van der Waals surface area contributed by atoms with Gasteiger partial charge in [0.15, 0.2) is 0 Å². The van der Waals surface area contributed by atoms with Crippen LogP contribution >= 0.6 is 33.8 Å². The molecule has 0 spiro atoms. The van der Waals surface area contributed by atoms with Crippen molar-refractivity contribution in [1.82, 2.24) is 0 Å². The molecule has 1 heterocycles. The second-order valence-electron chi connectivity index (χ2n) is 3.20. The van der Waals surface area contributed by atoms with E-state index >= 15 is 0 Å². The lowest BCUT2D eigenvalue weighted by molar-refractivity contribution is 1.62. The van der Waals surface area contributed by atoms with Gasteiger partial charge >= 0.3 is 0 Å². The third-order valence-corrected chi connectivity index (χ3v) is 4.17. The minimum atomic E-state index is 0.932. The molecule has 0 unspecified atom stereocenters. The predicted molar refractivity (Wildman–Crippen MR) is 76.0 cm³/mol. The average molecular weight is 250 g/mol. The molecule has 0 fully saturated rings. The average Bonchev–Trinajstić information content (AvgIpc) is 2.66. The van der Waals surface area contributed by atoms with Gasteiger partial charge in [-0.05, 0) is 24.0 Å². The zero-order valence-electron chi connectivity index (χ0n) is 8.27. The molecule has 2 rings (SSSR count). The number of hydrogen-bond donors (Lipinski definition) is 0. The molecular weight excluding hydrogens is 240 g/mol. The first-order chi connectivity index (χ1) is 7.27. The number of rotatable bonds is 2. The molecule has 1 aromatic rings. The van der Waals surface area contributed by atoms with Gasteiger partial charge in [-0.3, -0.25) is 0 Å². The van der Waals surface area contributed by atoms with Crippen molar-refractivity contribution in [3.8, 4) is 0 Å². The van der Waals surface area contributed by atoms with Gasteiger partial charge in [0, 0.05) is 15.3 Å². The molecule has 1 aliphatic rings. The molecule has 0 nitrogen and oxygen atoms in total. The Kier molecular flexibility index (Phi) is 3.67. The standard InChI is InChI=1S/C12H10S3/c1-9(13)7-12-11(8-14-15-12)10-5-3-2-4-6-10/h2-8H,1H3/b12-7-. The van der Waals surface area contributed by atoms with Crippen molar-refractivity contribution in [2.45, 2.75) is 6.92 Å². The van der Waals surface area contributed by atoms with Gasteiger partial charge in [0.2, 0.25) is 0 Å². The topological polar surface area (TPSA) is 0 Å². The molecule has 15 heavy (non-hydrogen) atoms. The molecular formula is C12H10S3. The van der Waals surface area contributed by atoms with Crippen molar-refractivity contribution < 1.29 is 0 Å². The van der Waals surface area contributed by atoms with Crippen molar-refractivity contribution >= 4 is 44.2 Å². The summed E-state index contributed by atoms with van der Waals surface area (Å²) in [6.07, 6.45) is 2.07. The van der Waals surface area contributed by atoms with Gasteiger partial charge in [-0.25, -0.2) is 0 Å². The first kappa shape index (κ1) is 11.0. The highest BCUT2D eigenvalue weighted by Gasteiger charge is 2.14. The normalized spacial score (nSPS) is 17.9. The van der Waals surface area contributed by atoms with Gasteiger partial charge in [0.05, 0.1) is 0 Å². The molecule has 0 bridgehead atoms. The van der Waals surface area contributed by atoms with E-state index in [0.717, 1.165) is 4.86 Å². The van der Waals surface area contributed by atoms with E-state index in [1.807, 2.05) is 13.0 Å². The second-order valence-corrected chi connectivity index (χ2v) is 5.95. The van der Waals surface area contributed by atoms with Crippen molar-refractivity contribution in [2.75, 3.05) is 0 Å². The zero-order valence-corrected chi connectivity index (χ0v) is 10.7. The molecule has 0 aliphatic carbocycles. The number of hydrogen-bond acceptors (Lipinski definition) is 3. The van der Waals surface area contributed by atoms with Crippen LogP contribution in [0.4, 0.5) is 0 Å². The highest BCUT2D eigenvalue weighted by molar-refractivity contribution is 8.80. The minimum Gasteiger partial charge on any atom is -0.0852 e. The summed E-state index contributed by atoms with van der Waals surface area (Å²) in [6.45, 7) is 1.95. The SMILES string of the molecule is CC(=S)/C=C1\SSC=C1c1ccccc1. The third-order valence-electron chi connectivity index (χ3n) is 1.99. The molecule has 0 atom stereocenters. The Bertz CT molecular complexity index is 429. The number of thiocarbonyl (C=S) groups is 1. The van der Waals surface area contributed by atoms with E-state index in [2.05, 4.69) is 35.7 Å². The lowest BCUT2D eigenvalue weighted by Crippen LogP contribution is -1.85. The summed E-state index contributed by atoms with van der Waals surface area (Å²) < 4.78 is 0. The van der Waals surface area contributed by atoms with Gasteiger partial charge in [0.25, 0.3) is 0 Å². The molecule has 0 radical (unpaired) electrons. The molecule has 1 aromatic carbocycles. The number of allylic oxidation sites excluding steroid dienone is 2. The fourth-order valence-corrected chi connectivity index (χ4v) is 3.77. The zero-order chi connectivity index (χ0) is 10.7. The monoisotopic (exact) mass is 250 g/mol. The highest BCUT2D eigenvalue weighted by atomic mass is 33.1. The summed E-state index contributed by atoms with van der Waals surface area (Å²) in [6, 6.07) is 10.4. The molecule has 0 saturated carbocycles. The summed E-state index contributed by atoms with van der Waals surface area (Å²) >= 11 is 5.11. The van der Waals surface area contributed by atoms with Crippen molar-refractivity contribution in [3.05, 3.63) is 52.3 Å². The van der Waals surface area contributed by atoms with Crippen LogP contribution in [0.25, 0.3) is 5.57 Å². The van der Waals surface area contributed by atoms with E-state index in [9.17, 15) is 0 Å². The Balaban J connectivity index is 2.34. The summed E-state index contributed by atoms with van der Waals surface area (Å²) in [5.41, 5.74) is 2.55. The largest absolute Gasteiger partial charge is 0.0852 e. The highest BCUT2D eigenvalue weighted by Crippen LogP contribution is 2.48. The van der Waals surface area contributed by atoms with E-state index in [0.29, 0.717) is 0 Å². The van der Waals surface area contributed by atoms with Crippen LogP contribution in [-0.2, 0) is 0 Å². The Morgan fingerprint density at radius 1 is 1.27 bits per heavy atom. The summed E-state index contributed by atoms with van der Waals surface area (Å²) in [7, 11) is 3.53. The summed E-state index contributed by atoms with van der Waals surface area (Å²) in [5, 5.41) is 2.18. The van der Waals surface area contributed by atoms with Crippen LogP contribution in [0.2, 0.25) is 0 Å². The maximum absolute atomic E-state index is 5.11. The van der Waals surface area contributed by atoms with E-state index in [1.54, 1.807) is 21.6 Å². The molecule has 76 valence electrons. The minimum absolute atomic E-state index is 0.932. The van der Waals surface area contributed by atoms with Crippen LogP contribution in [0.1, 0.15) is 12.5 Å². The smallest absolute Gasteiger partial charge is 0.0280 e. The molecule has 3 heteroatoms. The quantitative estimate of drug-likeness (QED) is 0.424. The Morgan fingerprint density at radius 2 is 2.00 bits per heavy atom.